The molecule has 0 atom stereocenters. The van der Waals surface area contributed by atoms with Gasteiger partial charge in [0.15, 0.2) is 5.78 Å². The van der Waals surface area contributed by atoms with Gasteiger partial charge in [-0.05, 0) is 30.4 Å². The molecule has 0 aliphatic rings. The lowest BCUT2D eigenvalue weighted by Crippen LogP contribution is -1.93. The van der Waals surface area contributed by atoms with Crippen molar-refractivity contribution in [2.75, 3.05) is 0 Å². The highest BCUT2D eigenvalue weighted by molar-refractivity contribution is 7.17. The highest BCUT2D eigenvalue weighted by Gasteiger charge is 2.09. The average Bonchev–Trinajstić information content (AvgIpc) is 2.74. The molecule has 0 unspecified atom stereocenters. The van der Waals surface area contributed by atoms with Crippen molar-refractivity contribution in [2.24, 2.45) is 0 Å². The van der Waals surface area contributed by atoms with Crippen LogP contribution in [0.25, 0.3) is 10.1 Å². The van der Waals surface area contributed by atoms with Gasteiger partial charge < -0.3 is 0 Å². The third-order valence-electron chi connectivity index (χ3n) is 2.44. The van der Waals surface area contributed by atoms with E-state index in [0.717, 1.165) is 17.4 Å². The summed E-state index contributed by atoms with van der Waals surface area (Å²) in [6, 6.07) is 5.94. The maximum absolute atomic E-state index is 11.4. The summed E-state index contributed by atoms with van der Waals surface area (Å²) in [5.41, 5.74) is 2.15. The van der Waals surface area contributed by atoms with Crippen LogP contribution in [0.3, 0.4) is 0 Å². The molecule has 0 spiro atoms. The summed E-state index contributed by atoms with van der Waals surface area (Å²) < 4.78 is 1.22. The minimum Gasteiger partial charge on any atom is -0.294 e. The summed E-state index contributed by atoms with van der Waals surface area (Å²) in [4.78, 5) is 11.4. The van der Waals surface area contributed by atoms with Gasteiger partial charge >= 0.3 is 0 Å². The Morgan fingerprint density at radius 2 is 2.00 bits per heavy atom. The van der Waals surface area contributed by atoms with Crippen LogP contribution in [-0.2, 0) is 6.42 Å². The molecule has 86 valence electrons. The van der Waals surface area contributed by atoms with E-state index in [-0.39, 0.29) is 5.78 Å². The second-order valence-electron chi connectivity index (χ2n) is 3.35. The maximum atomic E-state index is 11.4. The normalized spacial score (nSPS) is 9.75. The van der Waals surface area contributed by atoms with E-state index >= 15 is 0 Å². The SMILES string of the molecule is CC.CCc1csc2cccc(C(C)=O)c12. The Morgan fingerprint density at radius 3 is 2.56 bits per heavy atom. The van der Waals surface area contributed by atoms with Crippen molar-refractivity contribution in [1.29, 1.82) is 0 Å². The predicted molar refractivity (Wildman–Crippen MR) is 72.6 cm³/mol. The molecule has 0 aliphatic heterocycles. The van der Waals surface area contributed by atoms with E-state index in [2.05, 4.69) is 18.4 Å². The number of fused-ring (bicyclic) bond motifs is 1. The van der Waals surface area contributed by atoms with Crippen LogP contribution in [0.4, 0.5) is 0 Å². The molecule has 0 aliphatic carbocycles. The summed E-state index contributed by atoms with van der Waals surface area (Å²) in [5, 5.41) is 3.31. The molecule has 1 nitrogen and oxygen atoms in total. The molecule has 1 aromatic carbocycles. The van der Waals surface area contributed by atoms with Crippen molar-refractivity contribution in [2.45, 2.75) is 34.1 Å². The Kier molecular flexibility index (Phi) is 4.69. The van der Waals surface area contributed by atoms with Crippen molar-refractivity contribution in [3.8, 4) is 0 Å². The van der Waals surface area contributed by atoms with Gasteiger partial charge in [-0.25, -0.2) is 0 Å². The fourth-order valence-electron chi connectivity index (χ4n) is 1.71. The molecular weight excluding hydrogens is 216 g/mol. The van der Waals surface area contributed by atoms with Crippen LogP contribution in [0, 0.1) is 0 Å². The Labute approximate surface area is 101 Å². The third-order valence-corrected chi connectivity index (χ3v) is 3.43. The molecule has 0 bridgehead atoms. The lowest BCUT2D eigenvalue weighted by molar-refractivity contribution is 0.101. The average molecular weight is 234 g/mol. The van der Waals surface area contributed by atoms with Gasteiger partial charge in [-0.3, -0.25) is 4.79 Å². The molecule has 0 fully saturated rings. The predicted octanol–water partition coefficient (Wildman–Crippen LogP) is 4.69. The number of rotatable bonds is 2. The van der Waals surface area contributed by atoms with Gasteiger partial charge in [-0.1, -0.05) is 32.9 Å². The molecule has 16 heavy (non-hydrogen) atoms. The summed E-state index contributed by atoms with van der Waals surface area (Å²) in [7, 11) is 0. The molecule has 0 amide bonds. The lowest BCUT2D eigenvalue weighted by atomic mass is 10.0. The molecule has 1 aromatic heterocycles. The van der Waals surface area contributed by atoms with Crippen LogP contribution >= 0.6 is 11.3 Å². The number of Topliss-reactive ketones (excluding diaryl/α,β-unsaturated/α-hetero) is 1. The van der Waals surface area contributed by atoms with Crippen LogP contribution in [0.15, 0.2) is 23.6 Å². The number of ketones is 1. The van der Waals surface area contributed by atoms with Gasteiger partial charge in [0.05, 0.1) is 0 Å². The summed E-state index contributed by atoms with van der Waals surface area (Å²) in [5.74, 6) is 0.156. The van der Waals surface area contributed by atoms with Crippen LogP contribution in [0.1, 0.15) is 43.6 Å². The fraction of sp³-hybridized carbons (Fsp3) is 0.357. The van der Waals surface area contributed by atoms with Gasteiger partial charge in [0.2, 0.25) is 0 Å². The van der Waals surface area contributed by atoms with Crippen LogP contribution in [0.5, 0.6) is 0 Å². The topological polar surface area (TPSA) is 17.1 Å². The first-order chi connectivity index (χ1) is 7.74. The minimum atomic E-state index is 0.156. The first-order valence-corrected chi connectivity index (χ1v) is 6.62. The molecule has 2 heteroatoms. The highest BCUT2D eigenvalue weighted by atomic mass is 32.1. The molecule has 0 saturated heterocycles. The van der Waals surface area contributed by atoms with Gasteiger partial charge in [-0.15, -0.1) is 11.3 Å². The van der Waals surface area contributed by atoms with E-state index in [1.807, 2.05) is 26.0 Å². The second-order valence-corrected chi connectivity index (χ2v) is 4.26. The third kappa shape index (κ3) is 2.33. The van der Waals surface area contributed by atoms with Crippen molar-refractivity contribution >= 4 is 27.2 Å². The van der Waals surface area contributed by atoms with E-state index in [1.54, 1.807) is 18.3 Å². The number of hydrogen-bond donors (Lipinski definition) is 0. The zero-order valence-corrected chi connectivity index (χ0v) is 11.1. The van der Waals surface area contributed by atoms with Crippen molar-refractivity contribution in [3.05, 3.63) is 34.7 Å². The summed E-state index contributed by atoms with van der Waals surface area (Å²) in [6.07, 6.45) is 0.990. The van der Waals surface area contributed by atoms with E-state index in [4.69, 9.17) is 0 Å². The van der Waals surface area contributed by atoms with E-state index in [9.17, 15) is 4.79 Å². The molecule has 0 saturated carbocycles. The Balaban J connectivity index is 0.000000606. The number of carbonyl (C=O) groups is 1. The minimum absolute atomic E-state index is 0.156. The van der Waals surface area contributed by atoms with E-state index < -0.39 is 0 Å². The molecule has 0 radical (unpaired) electrons. The first-order valence-electron chi connectivity index (χ1n) is 5.74. The lowest BCUT2D eigenvalue weighted by Gasteiger charge is -2.00. The Morgan fingerprint density at radius 1 is 1.31 bits per heavy atom. The maximum Gasteiger partial charge on any atom is 0.160 e. The molecule has 2 aromatic rings. The number of carbonyl (C=O) groups excluding carboxylic acids is 1. The standard InChI is InChI=1S/C12H12OS.C2H6/c1-3-9-7-14-11-6-4-5-10(8(2)13)12(9)11;1-2/h4-7H,3H2,1-2H3;1-2H3. The molecule has 0 N–H and O–H groups in total. The van der Waals surface area contributed by atoms with E-state index in [0.29, 0.717) is 0 Å². The number of thiophene rings is 1. The summed E-state index contributed by atoms with van der Waals surface area (Å²) in [6.45, 7) is 7.75. The first kappa shape index (κ1) is 12.9. The van der Waals surface area contributed by atoms with Crippen molar-refractivity contribution in [1.82, 2.24) is 0 Å². The zero-order valence-electron chi connectivity index (χ0n) is 10.3. The number of benzene rings is 1. The smallest absolute Gasteiger partial charge is 0.160 e. The second kappa shape index (κ2) is 5.80. The quantitative estimate of drug-likeness (QED) is 0.689. The highest BCUT2D eigenvalue weighted by Crippen LogP contribution is 2.29. The van der Waals surface area contributed by atoms with Crippen molar-refractivity contribution in [3.63, 3.8) is 0 Å². The number of hydrogen-bond acceptors (Lipinski definition) is 2. The van der Waals surface area contributed by atoms with Gasteiger partial charge in [0.1, 0.15) is 0 Å². The monoisotopic (exact) mass is 234 g/mol. The van der Waals surface area contributed by atoms with Gasteiger partial charge in [0, 0.05) is 15.6 Å². The van der Waals surface area contributed by atoms with Crippen LogP contribution in [-0.4, -0.2) is 5.78 Å². The van der Waals surface area contributed by atoms with Crippen LogP contribution < -0.4 is 0 Å². The zero-order chi connectivity index (χ0) is 12.1. The molecule has 2 rings (SSSR count). The molecular formula is C14H18OS. The van der Waals surface area contributed by atoms with Crippen LogP contribution in [0.2, 0.25) is 0 Å². The molecule has 1 heterocycles. The largest absolute Gasteiger partial charge is 0.294 e. The fourth-order valence-corrected chi connectivity index (χ4v) is 2.78. The van der Waals surface area contributed by atoms with Gasteiger partial charge in [0.25, 0.3) is 0 Å². The summed E-state index contributed by atoms with van der Waals surface area (Å²) >= 11 is 1.72. The number of aryl methyl sites for hydroxylation is 1. The van der Waals surface area contributed by atoms with Gasteiger partial charge in [-0.2, -0.15) is 0 Å². The Hall–Kier alpha value is -1.15. The van der Waals surface area contributed by atoms with Crippen molar-refractivity contribution < 1.29 is 4.79 Å². The Bertz CT molecular complexity index is 482. The van der Waals surface area contributed by atoms with E-state index in [1.165, 1.54) is 10.3 Å².